The number of nitrogens with zero attached hydrogens (tertiary/aromatic N) is 2. The number of amides is 1. The van der Waals surface area contributed by atoms with Gasteiger partial charge in [-0.2, -0.15) is 14.0 Å². The summed E-state index contributed by atoms with van der Waals surface area (Å²) >= 11 is 0. The number of alkyl halides is 2. The van der Waals surface area contributed by atoms with Gasteiger partial charge in [-0.25, -0.2) is 0 Å². The number of benzene rings is 2. The Bertz CT molecular complexity index is 771. The summed E-state index contributed by atoms with van der Waals surface area (Å²) in [6.07, 6.45) is 0.892. The van der Waals surface area contributed by atoms with Crippen LogP contribution in [0.5, 0.6) is 5.75 Å². The summed E-state index contributed by atoms with van der Waals surface area (Å²) in [7, 11) is 0. The molecule has 0 radical (unpaired) electrons. The number of nitrogens with one attached hydrogen (secondary N) is 1. The molecule has 5 nitrogen and oxygen atoms in total. The molecule has 2 aromatic rings. The van der Waals surface area contributed by atoms with Crippen molar-refractivity contribution in [3.8, 4) is 11.8 Å². The van der Waals surface area contributed by atoms with E-state index >= 15 is 0 Å². The minimum atomic E-state index is -2.88. The van der Waals surface area contributed by atoms with E-state index in [-0.39, 0.29) is 18.2 Å². The SMILES string of the molecule is CCCN(CC(=O)Nc1ccc(OC(F)F)cc1)Cc1ccc(C#N)cc1. The third-order valence-electron chi connectivity index (χ3n) is 3.76. The number of ether oxygens (including phenoxy) is 1. The Morgan fingerprint density at radius 1 is 1.19 bits per heavy atom. The van der Waals surface area contributed by atoms with Gasteiger partial charge in [-0.05, 0) is 54.9 Å². The highest BCUT2D eigenvalue weighted by Crippen LogP contribution is 2.17. The summed E-state index contributed by atoms with van der Waals surface area (Å²) in [6.45, 7) is 0.687. The van der Waals surface area contributed by atoms with Gasteiger partial charge in [0.05, 0.1) is 18.2 Å². The van der Waals surface area contributed by atoms with Crippen molar-refractivity contribution in [2.45, 2.75) is 26.5 Å². The maximum Gasteiger partial charge on any atom is 0.387 e. The molecule has 27 heavy (non-hydrogen) atoms. The average molecular weight is 373 g/mol. The lowest BCUT2D eigenvalue weighted by atomic mass is 10.1. The van der Waals surface area contributed by atoms with Gasteiger partial charge in [0.15, 0.2) is 0 Å². The van der Waals surface area contributed by atoms with Crippen LogP contribution in [-0.4, -0.2) is 30.5 Å². The molecule has 0 spiro atoms. The molecule has 0 unspecified atom stereocenters. The van der Waals surface area contributed by atoms with Crippen molar-refractivity contribution in [3.63, 3.8) is 0 Å². The van der Waals surface area contributed by atoms with Gasteiger partial charge in [-0.3, -0.25) is 9.69 Å². The minimum absolute atomic E-state index is 0.0384. The van der Waals surface area contributed by atoms with Crippen LogP contribution in [0.25, 0.3) is 0 Å². The summed E-state index contributed by atoms with van der Waals surface area (Å²) < 4.78 is 28.6. The first-order valence-corrected chi connectivity index (χ1v) is 8.56. The van der Waals surface area contributed by atoms with Crippen molar-refractivity contribution in [1.29, 1.82) is 5.26 Å². The molecule has 1 N–H and O–H groups in total. The van der Waals surface area contributed by atoms with Crippen molar-refractivity contribution >= 4 is 11.6 Å². The lowest BCUT2D eigenvalue weighted by Crippen LogP contribution is -2.33. The first kappa shape index (κ1) is 20.3. The van der Waals surface area contributed by atoms with Crippen molar-refractivity contribution < 1.29 is 18.3 Å². The highest BCUT2D eigenvalue weighted by atomic mass is 19.3. The first-order valence-electron chi connectivity index (χ1n) is 8.56. The maximum absolute atomic E-state index is 12.3. The number of halogens is 2. The second-order valence-electron chi connectivity index (χ2n) is 5.97. The van der Waals surface area contributed by atoms with Crippen molar-refractivity contribution in [2.24, 2.45) is 0 Å². The Morgan fingerprint density at radius 3 is 2.41 bits per heavy atom. The predicted octanol–water partition coefficient (Wildman–Crippen LogP) is 4.01. The molecule has 0 saturated heterocycles. The number of hydrogen-bond acceptors (Lipinski definition) is 4. The number of nitriles is 1. The van der Waals surface area contributed by atoms with Gasteiger partial charge >= 0.3 is 6.61 Å². The summed E-state index contributed by atoms with van der Waals surface area (Å²) in [4.78, 5) is 14.3. The molecule has 2 aromatic carbocycles. The van der Waals surface area contributed by atoms with E-state index in [1.165, 1.54) is 24.3 Å². The van der Waals surface area contributed by atoms with Gasteiger partial charge in [0.1, 0.15) is 5.75 Å². The summed E-state index contributed by atoms with van der Waals surface area (Å²) in [5.74, 6) is -0.156. The van der Waals surface area contributed by atoms with Crippen LogP contribution in [0.15, 0.2) is 48.5 Å². The number of hydrogen-bond donors (Lipinski definition) is 1. The standard InChI is InChI=1S/C20H21F2N3O2/c1-2-11-25(13-16-5-3-15(12-23)4-6-16)14-19(26)24-17-7-9-18(10-8-17)27-20(21)22/h3-10,20H,2,11,13-14H2,1H3,(H,24,26). The Labute approximate surface area is 157 Å². The molecule has 0 aliphatic carbocycles. The summed E-state index contributed by atoms with van der Waals surface area (Å²) in [5.41, 5.74) is 2.12. The molecule has 0 aliphatic rings. The Kier molecular flexibility index (Phi) is 7.71. The maximum atomic E-state index is 12.3. The van der Waals surface area contributed by atoms with Gasteiger partial charge < -0.3 is 10.1 Å². The smallest absolute Gasteiger partial charge is 0.387 e. The average Bonchev–Trinajstić information content (AvgIpc) is 2.63. The lowest BCUT2D eigenvalue weighted by molar-refractivity contribution is -0.117. The van der Waals surface area contributed by atoms with Crippen molar-refractivity contribution in [1.82, 2.24) is 4.90 Å². The fourth-order valence-electron chi connectivity index (χ4n) is 2.60. The van der Waals surface area contributed by atoms with E-state index in [2.05, 4.69) is 16.1 Å². The first-order chi connectivity index (χ1) is 13.0. The minimum Gasteiger partial charge on any atom is -0.435 e. The van der Waals surface area contributed by atoms with Crippen LogP contribution < -0.4 is 10.1 Å². The number of rotatable bonds is 9. The van der Waals surface area contributed by atoms with Crippen LogP contribution in [0.3, 0.4) is 0 Å². The number of carbonyl (C=O) groups excluding carboxylic acids is 1. The van der Waals surface area contributed by atoms with Gasteiger partial charge in [-0.15, -0.1) is 0 Å². The van der Waals surface area contributed by atoms with Crippen LogP contribution in [0.4, 0.5) is 14.5 Å². The van der Waals surface area contributed by atoms with Gasteiger partial charge in [0.2, 0.25) is 5.91 Å². The van der Waals surface area contributed by atoms with Crippen LogP contribution in [0.1, 0.15) is 24.5 Å². The molecular formula is C20H21F2N3O2. The van der Waals surface area contributed by atoms with E-state index in [1.807, 2.05) is 24.0 Å². The third kappa shape index (κ3) is 7.04. The summed E-state index contributed by atoms with van der Waals surface area (Å²) in [5, 5.41) is 11.6. The molecular weight excluding hydrogens is 352 g/mol. The highest BCUT2D eigenvalue weighted by molar-refractivity contribution is 5.92. The van der Waals surface area contributed by atoms with E-state index < -0.39 is 6.61 Å². The molecule has 2 rings (SSSR count). The normalized spacial score (nSPS) is 10.7. The van der Waals surface area contributed by atoms with Gasteiger partial charge in [0.25, 0.3) is 0 Å². The van der Waals surface area contributed by atoms with E-state index in [4.69, 9.17) is 5.26 Å². The zero-order valence-electron chi connectivity index (χ0n) is 15.0. The Morgan fingerprint density at radius 2 is 1.85 bits per heavy atom. The monoisotopic (exact) mass is 373 g/mol. The van der Waals surface area contributed by atoms with Gasteiger partial charge in [-0.1, -0.05) is 19.1 Å². The predicted molar refractivity (Wildman–Crippen MR) is 98.4 cm³/mol. The lowest BCUT2D eigenvalue weighted by Gasteiger charge is -2.21. The molecule has 0 heterocycles. The second kappa shape index (κ2) is 10.2. The molecule has 142 valence electrons. The van der Waals surface area contributed by atoms with E-state index in [9.17, 15) is 13.6 Å². The zero-order valence-corrected chi connectivity index (χ0v) is 15.0. The molecule has 0 saturated carbocycles. The fraction of sp³-hybridized carbons (Fsp3) is 0.300. The van der Waals surface area contributed by atoms with E-state index in [1.54, 1.807) is 12.1 Å². The largest absolute Gasteiger partial charge is 0.435 e. The molecule has 0 bridgehead atoms. The van der Waals surface area contributed by atoms with Crippen LogP contribution in [0, 0.1) is 11.3 Å². The van der Waals surface area contributed by atoms with Gasteiger partial charge in [0, 0.05) is 12.2 Å². The molecule has 0 aliphatic heterocycles. The Hall–Kier alpha value is -2.98. The van der Waals surface area contributed by atoms with E-state index in [0.29, 0.717) is 17.8 Å². The summed E-state index contributed by atoms with van der Waals surface area (Å²) in [6, 6.07) is 15.1. The zero-order chi connectivity index (χ0) is 19.6. The molecule has 7 heteroatoms. The molecule has 0 fully saturated rings. The number of carbonyl (C=O) groups is 1. The fourth-order valence-corrected chi connectivity index (χ4v) is 2.60. The molecule has 0 atom stereocenters. The van der Waals surface area contributed by atoms with Crippen LogP contribution in [0.2, 0.25) is 0 Å². The quantitative estimate of drug-likeness (QED) is 0.721. The molecule has 0 aromatic heterocycles. The topological polar surface area (TPSA) is 65.4 Å². The van der Waals surface area contributed by atoms with E-state index in [0.717, 1.165) is 18.5 Å². The number of anilines is 1. The second-order valence-corrected chi connectivity index (χ2v) is 5.97. The molecule has 1 amide bonds. The van der Waals surface area contributed by atoms with Crippen molar-refractivity contribution in [2.75, 3.05) is 18.4 Å². The van der Waals surface area contributed by atoms with Crippen LogP contribution in [-0.2, 0) is 11.3 Å². The van der Waals surface area contributed by atoms with Crippen molar-refractivity contribution in [3.05, 3.63) is 59.7 Å². The Balaban J connectivity index is 1.92. The van der Waals surface area contributed by atoms with Crippen LogP contribution >= 0.6 is 0 Å². The third-order valence-corrected chi connectivity index (χ3v) is 3.76. The highest BCUT2D eigenvalue weighted by Gasteiger charge is 2.12.